The van der Waals surface area contributed by atoms with Gasteiger partial charge < -0.3 is 0 Å². The maximum absolute atomic E-state index is 12.5. The van der Waals surface area contributed by atoms with E-state index in [-0.39, 0.29) is 5.57 Å². The maximum Gasteiger partial charge on any atom is 0.404 e. The minimum atomic E-state index is -4.47. The van der Waals surface area contributed by atoms with Crippen molar-refractivity contribution >= 4 is 0 Å². The van der Waals surface area contributed by atoms with E-state index >= 15 is 0 Å². The van der Waals surface area contributed by atoms with Gasteiger partial charge in [-0.15, -0.1) is 0 Å². The van der Waals surface area contributed by atoms with Gasteiger partial charge in [0.25, 0.3) is 0 Å². The summed E-state index contributed by atoms with van der Waals surface area (Å²) in [5, 5.41) is 0. The third-order valence-electron chi connectivity index (χ3n) is 2.17. The van der Waals surface area contributed by atoms with E-state index in [0.29, 0.717) is 0 Å². The maximum atomic E-state index is 12.5. The van der Waals surface area contributed by atoms with Gasteiger partial charge in [-0.3, -0.25) is 0 Å². The molecule has 11 heavy (non-hydrogen) atoms. The van der Waals surface area contributed by atoms with Crippen molar-refractivity contribution in [3.63, 3.8) is 0 Å². The topological polar surface area (TPSA) is 0 Å². The molecule has 0 N–H and O–H groups in total. The molecule has 0 aromatic heterocycles. The molecule has 0 amide bonds. The Balaban J connectivity index is 2.41. The van der Waals surface area contributed by atoms with Crippen LogP contribution in [-0.2, 0) is 0 Å². The van der Waals surface area contributed by atoms with Gasteiger partial charge in [0, 0.05) is 0 Å². The number of hydrogen-bond acceptors (Lipinski definition) is 0. The first-order valence-electron chi connectivity index (χ1n) is 3.11. The summed E-state index contributed by atoms with van der Waals surface area (Å²) in [4.78, 5) is 0. The zero-order valence-electron chi connectivity index (χ0n) is 5.32. The lowest BCUT2D eigenvalue weighted by Gasteiger charge is -2.12. The number of fused-ring (bicyclic) bond motifs is 1. The summed E-state index contributed by atoms with van der Waals surface area (Å²) >= 11 is 0. The number of hydrogen-bond donors (Lipinski definition) is 0. The van der Waals surface area contributed by atoms with Crippen LogP contribution < -0.4 is 0 Å². The molecule has 0 aromatic carbocycles. The van der Waals surface area contributed by atoms with Crippen LogP contribution in [0.25, 0.3) is 0 Å². The van der Waals surface area contributed by atoms with E-state index in [9.17, 15) is 17.6 Å². The van der Waals surface area contributed by atoms with E-state index < -0.39 is 17.8 Å². The van der Waals surface area contributed by atoms with Crippen molar-refractivity contribution in [1.29, 1.82) is 0 Å². The van der Waals surface area contributed by atoms with Gasteiger partial charge in [0.1, 0.15) is 11.6 Å². The number of halogens is 4. The summed E-state index contributed by atoms with van der Waals surface area (Å²) in [5.41, 5.74) is -2.38. The number of alkyl halides is 4. The average Bonchev–Trinajstić information content (AvgIpc) is 2.37. The summed E-state index contributed by atoms with van der Waals surface area (Å²) in [6.45, 7) is 0. The molecule has 0 heterocycles. The van der Waals surface area contributed by atoms with Crippen molar-refractivity contribution in [1.82, 2.24) is 0 Å². The Hall–Kier alpha value is -0.800. The monoisotopic (exact) mass is 164 g/mol. The molecule has 0 aliphatic heterocycles. The van der Waals surface area contributed by atoms with E-state index in [0.717, 1.165) is 6.08 Å². The van der Waals surface area contributed by atoms with Crippen LogP contribution in [0.4, 0.5) is 17.6 Å². The lowest BCUT2D eigenvalue weighted by atomic mass is 10.1. The Morgan fingerprint density at radius 3 is 2.27 bits per heavy atom. The molecule has 0 unspecified atom stereocenters. The van der Waals surface area contributed by atoms with Crippen LogP contribution in [-0.4, -0.2) is 12.3 Å². The molecule has 2 aliphatic carbocycles. The molecule has 2 aliphatic rings. The fraction of sp³-hybridized carbons (Fsp3) is 0.429. The first kappa shape index (κ1) is 6.88. The van der Waals surface area contributed by atoms with Crippen LogP contribution in [0.15, 0.2) is 23.8 Å². The normalized spacial score (nSPS) is 40.4. The zero-order valence-corrected chi connectivity index (χ0v) is 5.32. The highest BCUT2D eigenvalue weighted by Crippen LogP contribution is 2.66. The molecule has 1 fully saturated rings. The van der Waals surface area contributed by atoms with Gasteiger partial charge in [-0.2, -0.15) is 13.2 Å². The second-order valence-electron chi connectivity index (χ2n) is 2.71. The van der Waals surface area contributed by atoms with Crippen LogP contribution in [0.5, 0.6) is 0 Å². The highest BCUT2D eigenvalue weighted by atomic mass is 19.4. The zero-order chi connectivity index (χ0) is 8.28. The van der Waals surface area contributed by atoms with Gasteiger partial charge >= 0.3 is 6.18 Å². The first-order chi connectivity index (χ1) is 5.00. The van der Waals surface area contributed by atoms with Gasteiger partial charge in [-0.1, -0.05) is 18.2 Å². The molecule has 4 heteroatoms. The Kier molecular flexibility index (Phi) is 0.949. The van der Waals surface area contributed by atoms with Gasteiger partial charge in [0.2, 0.25) is 0 Å². The first-order valence-corrected chi connectivity index (χ1v) is 3.11. The van der Waals surface area contributed by atoms with E-state index in [4.69, 9.17) is 0 Å². The molecule has 0 aromatic rings. The Labute approximate surface area is 60.2 Å². The molecule has 2 rings (SSSR count). The van der Waals surface area contributed by atoms with Crippen molar-refractivity contribution in [2.75, 3.05) is 0 Å². The third kappa shape index (κ3) is 0.559. The SMILES string of the molecule is F[C@H]1C2=CC=C[C@@]21C(F)(F)F. The van der Waals surface area contributed by atoms with Crippen molar-refractivity contribution < 1.29 is 17.6 Å². The smallest absolute Gasteiger partial charge is 0.241 e. The minimum Gasteiger partial charge on any atom is -0.241 e. The lowest BCUT2D eigenvalue weighted by Crippen LogP contribution is -2.24. The van der Waals surface area contributed by atoms with E-state index in [1.165, 1.54) is 12.2 Å². The fourth-order valence-corrected chi connectivity index (χ4v) is 1.44. The van der Waals surface area contributed by atoms with Crippen molar-refractivity contribution in [3.8, 4) is 0 Å². The Morgan fingerprint density at radius 2 is 2.00 bits per heavy atom. The number of allylic oxidation sites excluding steroid dienone is 4. The predicted molar refractivity (Wildman–Crippen MR) is 30.6 cm³/mol. The average molecular weight is 164 g/mol. The quantitative estimate of drug-likeness (QED) is 0.482. The summed E-state index contributed by atoms with van der Waals surface area (Å²) in [5.74, 6) is 0. The third-order valence-corrected chi connectivity index (χ3v) is 2.17. The van der Waals surface area contributed by atoms with Crippen LogP contribution in [0.2, 0.25) is 0 Å². The minimum absolute atomic E-state index is 0.148. The fourth-order valence-electron chi connectivity index (χ4n) is 1.44. The number of rotatable bonds is 0. The second kappa shape index (κ2) is 1.52. The van der Waals surface area contributed by atoms with E-state index in [1.807, 2.05) is 0 Å². The summed E-state index contributed by atoms with van der Waals surface area (Å²) in [7, 11) is 0. The summed E-state index contributed by atoms with van der Waals surface area (Å²) in [6.07, 6.45) is -2.97. The molecule has 1 saturated carbocycles. The molecule has 0 saturated heterocycles. The molecule has 60 valence electrons. The highest BCUT2D eigenvalue weighted by molar-refractivity contribution is 5.55. The molecule has 0 nitrogen and oxygen atoms in total. The van der Waals surface area contributed by atoms with Crippen molar-refractivity contribution in [3.05, 3.63) is 23.8 Å². The van der Waals surface area contributed by atoms with Gasteiger partial charge in [0.15, 0.2) is 0 Å². The van der Waals surface area contributed by atoms with E-state index in [2.05, 4.69) is 0 Å². The van der Waals surface area contributed by atoms with Crippen LogP contribution in [0, 0.1) is 5.41 Å². The van der Waals surface area contributed by atoms with Gasteiger partial charge in [0.05, 0.1) is 0 Å². The van der Waals surface area contributed by atoms with Crippen molar-refractivity contribution in [2.45, 2.75) is 12.3 Å². The largest absolute Gasteiger partial charge is 0.404 e. The van der Waals surface area contributed by atoms with Crippen LogP contribution >= 0.6 is 0 Å². The Morgan fingerprint density at radius 1 is 1.36 bits per heavy atom. The summed E-state index contributed by atoms with van der Waals surface area (Å²) < 4.78 is 48.8. The van der Waals surface area contributed by atoms with Gasteiger partial charge in [-0.25, -0.2) is 4.39 Å². The standard InChI is InChI=1S/C7H4F4/c8-5-4-2-1-3-6(4,5)7(9,10)11/h1-3,5H/t5-,6+/m0/s1. The Bertz CT molecular complexity index is 260. The van der Waals surface area contributed by atoms with Crippen molar-refractivity contribution in [2.24, 2.45) is 5.41 Å². The summed E-state index contributed by atoms with van der Waals surface area (Å²) in [6, 6.07) is 0. The van der Waals surface area contributed by atoms with Crippen LogP contribution in [0.1, 0.15) is 0 Å². The predicted octanol–water partition coefficient (Wildman–Crippen LogP) is 2.38. The van der Waals surface area contributed by atoms with Crippen LogP contribution in [0.3, 0.4) is 0 Å². The molecule has 2 atom stereocenters. The molecule has 0 radical (unpaired) electrons. The highest BCUT2D eigenvalue weighted by Gasteiger charge is 2.75. The molecular formula is C7H4F4. The van der Waals surface area contributed by atoms with Gasteiger partial charge in [-0.05, 0) is 5.57 Å². The lowest BCUT2D eigenvalue weighted by molar-refractivity contribution is -0.173. The molecule has 0 spiro atoms. The molecular weight excluding hydrogens is 160 g/mol. The molecule has 0 bridgehead atoms. The second-order valence-corrected chi connectivity index (χ2v) is 2.71. The van der Waals surface area contributed by atoms with E-state index in [1.54, 1.807) is 0 Å².